The van der Waals surface area contributed by atoms with E-state index >= 15 is 0 Å². The lowest BCUT2D eigenvalue weighted by Crippen LogP contribution is -2.23. The molecule has 0 bridgehead atoms. The lowest BCUT2D eigenvalue weighted by Gasteiger charge is -2.22. The molecule has 0 aromatic carbocycles. The van der Waals surface area contributed by atoms with Crippen molar-refractivity contribution >= 4 is 5.65 Å². The maximum absolute atomic E-state index is 13.3. The maximum Gasteiger partial charge on any atom is 0.433 e. The third kappa shape index (κ3) is 3.16. The molecular weight excluding hydrogens is 343 g/mol. The number of pyridine rings is 1. The minimum absolute atomic E-state index is 0.0155. The molecule has 0 spiro atoms. The average Bonchev–Trinajstić information content (AvgIpc) is 3.20. The molecule has 3 aromatic heterocycles. The molecule has 4 rings (SSSR count). The summed E-state index contributed by atoms with van der Waals surface area (Å²) in [6, 6.07) is 6.57. The van der Waals surface area contributed by atoms with Gasteiger partial charge in [0.2, 0.25) is 0 Å². The van der Waals surface area contributed by atoms with E-state index < -0.39 is 11.9 Å². The van der Waals surface area contributed by atoms with Crippen LogP contribution < -0.4 is 0 Å². The zero-order valence-corrected chi connectivity index (χ0v) is 14.2. The van der Waals surface area contributed by atoms with Crippen molar-refractivity contribution < 1.29 is 13.2 Å². The van der Waals surface area contributed by atoms with Gasteiger partial charge in [-0.15, -0.1) is 0 Å². The molecule has 1 aliphatic heterocycles. The first-order valence-electron chi connectivity index (χ1n) is 8.49. The minimum atomic E-state index is -4.47. The number of nitrogens with zero attached hydrogens (tertiary/aromatic N) is 5. The van der Waals surface area contributed by atoms with Gasteiger partial charge in [-0.2, -0.15) is 18.3 Å². The fraction of sp³-hybridized carbons (Fsp3) is 0.389. The smallest absolute Gasteiger partial charge is 0.290 e. The molecule has 0 aliphatic carbocycles. The molecule has 26 heavy (non-hydrogen) atoms. The van der Waals surface area contributed by atoms with Crippen LogP contribution in [0.5, 0.6) is 0 Å². The van der Waals surface area contributed by atoms with Crippen LogP contribution >= 0.6 is 0 Å². The first-order valence-corrected chi connectivity index (χ1v) is 8.49. The zero-order chi connectivity index (χ0) is 18.3. The molecule has 0 N–H and O–H groups in total. The molecule has 0 unspecified atom stereocenters. The summed E-state index contributed by atoms with van der Waals surface area (Å²) < 4.78 is 40.9. The van der Waals surface area contributed by atoms with Crippen LogP contribution in [0.15, 0.2) is 36.7 Å². The van der Waals surface area contributed by atoms with E-state index in [1.807, 2.05) is 18.3 Å². The molecule has 3 aromatic rings. The number of aromatic nitrogens is 4. The summed E-state index contributed by atoms with van der Waals surface area (Å²) in [5.74, 6) is 0. The van der Waals surface area contributed by atoms with Crippen molar-refractivity contribution in [1.29, 1.82) is 0 Å². The fourth-order valence-electron chi connectivity index (χ4n) is 3.56. The first-order chi connectivity index (χ1) is 12.4. The van der Waals surface area contributed by atoms with Crippen LogP contribution in [0.1, 0.15) is 41.5 Å². The molecule has 0 saturated carbocycles. The molecule has 1 fully saturated rings. The largest absolute Gasteiger partial charge is 0.433 e. The molecular formula is C18H18F3N5. The summed E-state index contributed by atoms with van der Waals surface area (Å²) in [5.41, 5.74) is 1.49. The van der Waals surface area contributed by atoms with Crippen LogP contribution in [0.25, 0.3) is 5.65 Å². The van der Waals surface area contributed by atoms with Gasteiger partial charge in [0.15, 0.2) is 5.65 Å². The number of likely N-dealkylation sites (tertiary alicyclic amines) is 1. The molecule has 1 atom stereocenters. The summed E-state index contributed by atoms with van der Waals surface area (Å²) in [7, 11) is 0. The van der Waals surface area contributed by atoms with E-state index in [-0.39, 0.29) is 11.7 Å². The first kappa shape index (κ1) is 17.0. The molecule has 136 valence electrons. The predicted octanol–water partition coefficient (Wildman–Crippen LogP) is 3.79. The summed E-state index contributed by atoms with van der Waals surface area (Å²) in [5, 5.41) is 4.27. The number of halogens is 3. The second kappa shape index (κ2) is 6.35. The van der Waals surface area contributed by atoms with Gasteiger partial charge in [0.1, 0.15) is 5.69 Å². The lowest BCUT2D eigenvalue weighted by molar-refractivity contribution is -0.142. The third-order valence-corrected chi connectivity index (χ3v) is 4.68. The number of fused-ring (bicyclic) bond motifs is 1. The summed E-state index contributed by atoms with van der Waals surface area (Å²) >= 11 is 0. The topological polar surface area (TPSA) is 46.3 Å². The molecule has 1 aliphatic rings. The van der Waals surface area contributed by atoms with E-state index in [1.165, 1.54) is 0 Å². The highest BCUT2D eigenvalue weighted by atomic mass is 19.4. The standard InChI is InChI=1S/C18H18F3N5/c1-12-8-16(18(19,20)21)26-17(23-12)9-14(24-26)15-5-3-7-25(15)11-13-4-2-6-22-10-13/h2,4,6,8-10,15H,3,5,7,11H2,1H3/t15-/m0/s1. The Bertz CT molecular complexity index is 920. The van der Waals surface area contributed by atoms with Crippen molar-refractivity contribution in [3.63, 3.8) is 0 Å². The Morgan fingerprint density at radius 2 is 2.12 bits per heavy atom. The van der Waals surface area contributed by atoms with Gasteiger partial charge in [0.05, 0.1) is 11.7 Å². The Morgan fingerprint density at radius 1 is 1.27 bits per heavy atom. The monoisotopic (exact) mass is 361 g/mol. The number of aryl methyl sites for hydroxylation is 1. The van der Waals surface area contributed by atoms with Gasteiger partial charge in [-0.3, -0.25) is 9.88 Å². The summed E-state index contributed by atoms with van der Waals surface area (Å²) in [6.45, 7) is 3.14. The van der Waals surface area contributed by atoms with Crippen LogP contribution in [0.4, 0.5) is 13.2 Å². The molecule has 5 nitrogen and oxygen atoms in total. The van der Waals surface area contributed by atoms with Crippen molar-refractivity contribution in [3.05, 3.63) is 59.3 Å². The quantitative estimate of drug-likeness (QED) is 0.712. The normalized spacial score (nSPS) is 18.7. The van der Waals surface area contributed by atoms with Gasteiger partial charge in [-0.25, -0.2) is 9.50 Å². The van der Waals surface area contributed by atoms with Gasteiger partial charge in [-0.05, 0) is 44.0 Å². The SMILES string of the molecule is Cc1cc(C(F)(F)F)n2nc([C@@H]3CCCN3Cc3cccnc3)cc2n1. The van der Waals surface area contributed by atoms with E-state index in [1.54, 1.807) is 19.2 Å². The van der Waals surface area contributed by atoms with Crippen LogP contribution in [-0.2, 0) is 12.7 Å². The van der Waals surface area contributed by atoms with Crippen molar-refractivity contribution in [2.45, 2.75) is 38.5 Å². The number of hydrogen-bond acceptors (Lipinski definition) is 4. The van der Waals surface area contributed by atoms with Crippen LogP contribution in [0.2, 0.25) is 0 Å². The molecule has 0 radical (unpaired) electrons. The van der Waals surface area contributed by atoms with Crippen molar-refractivity contribution in [2.24, 2.45) is 0 Å². The Kier molecular flexibility index (Phi) is 4.14. The number of hydrogen-bond donors (Lipinski definition) is 0. The van der Waals surface area contributed by atoms with E-state index in [4.69, 9.17) is 0 Å². The van der Waals surface area contributed by atoms with Gasteiger partial charge >= 0.3 is 6.18 Å². The third-order valence-electron chi connectivity index (χ3n) is 4.68. The highest BCUT2D eigenvalue weighted by Crippen LogP contribution is 2.35. The van der Waals surface area contributed by atoms with Crippen LogP contribution in [-0.4, -0.2) is 31.0 Å². The van der Waals surface area contributed by atoms with E-state index in [0.29, 0.717) is 17.9 Å². The minimum Gasteiger partial charge on any atom is -0.290 e. The fourth-order valence-corrected chi connectivity index (χ4v) is 3.56. The summed E-state index contributed by atoms with van der Waals surface area (Å²) in [6.07, 6.45) is 0.910. The summed E-state index contributed by atoms with van der Waals surface area (Å²) in [4.78, 5) is 10.6. The maximum atomic E-state index is 13.3. The van der Waals surface area contributed by atoms with Gasteiger partial charge in [-0.1, -0.05) is 6.07 Å². The molecule has 8 heteroatoms. The van der Waals surface area contributed by atoms with Crippen molar-refractivity contribution in [1.82, 2.24) is 24.5 Å². The van der Waals surface area contributed by atoms with Gasteiger partial charge < -0.3 is 0 Å². The Morgan fingerprint density at radius 3 is 2.85 bits per heavy atom. The second-order valence-electron chi connectivity index (χ2n) is 6.61. The van der Waals surface area contributed by atoms with E-state index in [9.17, 15) is 13.2 Å². The highest BCUT2D eigenvalue weighted by Gasteiger charge is 2.36. The molecule has 1 saturated heterocycles. The number of alkyl halides is 3. The van der Waals surface area contributed by atoms with Crippen molar-refractivity contribution in [2.75, 3.05) is 6.54 Å². The van der Waals surface area contributed by atoms with Crippen molar-refractivity contribution in [3.8, 4) is 0 Å². The van der Waals surface area contributed by atoms with E-state index in [2.05, 4.69) is 20.0 Å². The average molecular weight is 361 g/mol. The second-order valence-corrected chi connectivity index (χ2v) is 6.61. The van der Waals surface area contributed by atoms with Gasteiger partial charge in [0, 0.05) is 30.7 Å². The zero-order valence-electron chi connectivity index (χ0n) is 14.2. The Hall–Kier alpha value is -2.48. The van der Waals surface area contributed by atoms with Crippen LogP contribution in [0, 0.1) is 6.92 Å². The van der Waals surface area contributed by atoms with Crippen LogP contribution in [0.3, 0.4) is 0 Å². The molecule has 0 amide bonds. The Balaban J connectivity index is 1.70. The number of rotatable bonds is 3. The predicted molar refractivity (Wildman–Crippen MR) is 89.3 cm³/mol. The Labute approximate surface area is 148 Å². The van der Waals surface area contributed by atoms with Gasteiger partial charge in [0.25, 0.3) is 0 Å². The highest BCUT2D eigenvalue weighted by molar-refractivity contribution is 5.43. The van der Waals surface area contributed by atoms with E-state index in [0.717, 1.165) is 35.5 Å². The molecule has 4 heterocycles. The lowest BCUT2D eigenvalue weighted by atomic mass is 10.1.